The Morgan fingerprint density at radius 1 is 1.38 bits per heavy atom. The van der Waals surface area contributed by atoms with Crippen molar-refractivity contribution in [1.82, 2.24) is 14.8 Å². The standard InChI is InChI=1S/C9H16ClN3/c1-4-6-8-11-12-9(10)13(8)7(3)5-2/h7H,4-6H2,1-3H3. The maximum atomic E-state index is 5.94. The SMILES string of the molecule is CCCc1nnc(Cl)n1C(C)CC. The lowest BCUT2D eigenvalue weighted by Crippen LogP contribution is -2.08. The van der Waals surface area contributed by atoms with Crippen LogP contribution in [0.5, 0.6) is 0 Å². The molecular formula is C9H16ClN3. The Bertz CT molecular complexity index is 270. The fourth-order valence-electron chi connectivity index (χ4n) is 1.31. The van der Waals surface area contributed by atoms with E-state index in [1.165, 1.54) is 0 Å². The normalized spacial score (nSPS) is 13.2. The molecule has 0 aliphatic heterocycles. The molecule has 0 fully saturated rings. The van der Waals surface area contributed by atoms with Crippen molar-refractivity contribution in [2.24, 2.45) is 0 Å². The lowest BCUT2D eigenvalue weighted by atomic mass is 10.2. The van der Waals surface area contributed by atoms with Crippen molar-refractivity contribution in [2.45, 2.75) is 46.1 Å². The monoisotopic (exact) mass is 201 g/mol. The average molecular weight is 202 g/mol. The molecule has 3 nitrogen and oxygen atoms in total. The van der Waals surface area contributed by atoms with E-state index in [2.05, 4.69) is 31.0 Å². The Balaban J connectivity index is 2.93. The van der Waals surface area contributed by atoms with Crippen molar-refractivity contribution < 1.29 is 0 Å². The molecule has 0 aromatic carbocycles. The largest absolute Gasteiger partial charge is 0.299 e. The van der Waals surface area contributed by atoms with Crippen molar-refractivity contribution in [3.8, 4) is 0 Å². The zero-order valence-electron chi connectivity index (χ0n) is 8.42. The molecule has 74 valence electrons. The molecular weight excluding hydrogens is 186 g/mol. The van der Waals surface area contributed by atoms with Gasteiger partial charge in [-0.2, -0.15) is 0 Å². The Labute approximate surface area is 84.1 Å². The Hall–Kier alpha value is -0.570. The van der Waals surface area contributed by atoms with Crippen molar-refractivity contribution in [3.05, 3.63) is 11.1 Å². The third-order valence-corrected chi connectivity index (χ3v) is 2.49. The molecule has 0 radical (unpaired) electrons. The summed E-state index contributed by atoms with van der Waals surface area (Å²) in [6.07, 6.45) is 3.07. The van der Waals surface area contributed by atoms with Crippen LogP contribution < -0.4 is 0 Å². The van der Waals surface area contributed by atoms with Gasteiger partial charge >= 0.3 is 0 Å². The van der Waals surface area contributed by atoms with Gasteiger partial charge in [-0.25, -0.2) is 0 Å². The Morgan fingerprint density at radius 2 is 2.08 bits per heavy atom. The molecule has 0 saturated heterocycles. The van der Waals surface area contributed by atoms with Crippen LogP contribution in [0, 0.1) is 0 Å². The molecule has 1 atom stereocenters. The van der Waals surface area contributed by atoms with E-state index >= 15 is 0 Å². The first-order valence-electron chi connectivity index (χ1n) is 4.79. The van der Waals surface area contributed by atoms with Crippen LogP contribution in [-0.2, 0) is 6.42 Å². The van der Waals surface area contributed by atoms with Crippen LogP contribution in [0.15, 0.2) is 0 Å². The number of nitrogens with zero attached hydrogens (tertiary/aromatic N) is 3. The highest BCUT2D eigenvalue weighted by Gasteiger charge is 2.13. The fraction of sp³-hybridized carbons (Fsp3) is 0.778. The van der Waals surface area contributed by atoms with Crippen molar-refractivity contribution in [1.29, 1.82) is 0 Å². The summed E-state index contributed by atoms with van der Waals surface area (Å²) in [6, 6.07) is 0.393. The number of rotatable bonds is 4. The zero-order valence-corrected chi connectivity index (χ0v) is 9.17. The van der Waals surface area contributed by atoms with E-state index in [0.29, 0.717) is 11.3 Å². The Morgan fingerprint density at radius 3 is 2.62 bits per heavy atom. The molecule has 0 N–H and O–H groups in total. The van der Waals surface area contributed by atoms with Gasteiger partial charge in [0.15, 0.2) is 0 Å². The number of hydrogen-bond donors (Lipinski definition) is 0. The van der Waals surface area contributed by atoms with Crippen LogP contribution in [0.2, 0.25) is 5.28 Å². The van der Waals surface area contributed by atoms with Gasteiger partial charge in [-0.15, -0.1) is 10.2 Å². The smallest absolute Gasteiger partial charge is 0.225 e. The number of hydrogen-bond acceptors (Lipinski definition) is 2. The highest BCUT2D eigenvalue weighted by molar-refractivity contribution is 6.28. The highest BCUT2D eigenvalue weighted by atomic mass is 35.5. The molecule has 0 aliphatic carbocycles. The molecule has 1 heterocycles. The first-order valence-corrected chi connectivity index (χ1v) is 5.17. The molecule has 0 amide bonds. The van der Waals surface area contributed by atoms with Gasteiger partial charge in [-0.3, -0.25) is 4.57 Å². The first-order chi connectivity index (χ1) is 6.20. The molecule has 0 bridgehead atoms. The van der Waals surface area contributed by atoms with Gasteiger partial charge in [0.2, 0.25) is 5.28 Å². The number of aryl methyl sites for hydroxylation is 1. The summed E-state index contributed by atoms with van der Waals surface area (Å²) in [4.78, 5) is 0. The van der Waals surface area contributed by atoms with E-state index in [4.69, 9.17) is 11.6 Å². The second-order valence-electron chi connectivity index (χ2n) is 3.26. The molecule has 0 saturated carbocycles. The highest BCUT2D eigenvalue weighted by Crippen LogP contribution is 2.19. The second kappa shape index (κ2) is 4.61. The molecule has 0 spiro atoms. The van der Waals surface area contributed by atoms with Crippen LogP contribution in [0.3, 0.4) is 0 Å². The molecule has 1 aromatic rings. The van der Waals surface area contributed by atoms with Crippen LogP contribution in [0.4, 0.5) is 0 Å². The van der Waals surface area contributed by atoms with Gasteiger partial charge < -0.3 is 0 Å². The van der Waals surface area contributed by atoms with E-state index in [1.54, 1.807) is 0 Å². The average Bonchev–Trinajstić information content (AvgIpc) is 2.47. The fourth-order valence-corrected chi connectivity index (χ4v) is 1.62. The second-order valence-corrected chi connectivity index (χ2v) is 3.60. The summed E-state index contributed by atoms with van der Waals surface area (Å²) in [7, 11) is 0. The molecule has 0 aliphatic rings. The molecule has 1 rings (SSSR count). The quantitative estimate of drug-likeness (QED) is 0.750. The van der Waals surface area contributed by atoms with Crippen molar-refractivity contribution in [2.75, 3.05) is 0 Å². The van der Waals surface area contributed by atoms with Crippen molar-refractivity contribution >= 4 is 11.6 Å². The molecule has 1 unspecified atom stereocenters. The summed E-state index contributed by atoms with van der Waals surface area (Å²) in [5.41, 5.74) is 0. The lowest BCUT2D eigenvalue weighted by molar-refractivity contribution is 0.506. The minimum atomic E-state index is 0.393. The summed E-state index contributed by atoms with van der Waals surface area (Å²) >= 11 is 5.94. The van der Waals surface area contributed by atoms with E-state index in [9.17, 15) is 0 Å². The summed E-state index contributed by atoms with van der Waals surface area (Å²) in [5, 5.41) is 8.45. The summed E-state index contributed by atoms with van der Waals surface area (Å²) < 4.78 is 2.02. The lowest BCUT2D eigenvalue weighted by Gasteiger charge is -2.13. The van der Waals surface area contributed by atoms with Gasteiger partial charge in [-0.05, 0) is 31.4 Å². The number of halogens is 1. The predicted octanol–water partition coefficient (Wildman–Crippen LogP) is 2.86. The number of aromatic nitrogens is 3. The summed E-state index contributed by atoms with van der Waals surface area (Å²) in [6.45, 7) is 6.40. The van der Waals surface area contributed by atoms with E-state index in [-0.39, 0.29) is 0 Å². The van der Waals surface area contributed by atoms with Gasteiger partial charge in [0.25, 0.3) is 0 Å². The van der Waals surface area contributed by atoms with E-state index in [0.717, 1.165) is 25.1 Å². The van der Waals surface area contributed by atoms with Gasteiger partial charge in [0.05, 0.1) is 0 Å². The van der Waals surface area contributed by atoms with Gasteiger partial charge in [-0.1, -0.05) is 13.8 Å². The maximum Gasteiger partial charge on any atom is 0.225 e. The molecule has 13 heavy (non-hydrogen) atoms. The van der Waals surface area contributed by atoms with Crippen LogP contribution in [0.25, 0.3) is 0 Å². The third kappa shape index (κ3) is 2.21. The Kier molecular flexibility index (Phi) is 3.72. The van der Waals surface area contributed by atoms with Gasteiger partial charge in [0, 0.05) is 12.5 Å². The van der Waals surface area contributed by atoms with E-state index in [1.807, 2.05) is 4.57 Å². The molecule has 4 heteroatoms. The predicted molar refractivity (Wildman–Crippen MR) is 54.0 cm³/mol. The topological polar surface area (TPSA) is 30.7 Å². The van der Waals surface area contributed by atoms with Gasteiger partial charge in [0.1, 0.15) is 5.82 Å². The van der Waals surface area contributed by atoms with E-state index < -0.39 is 0 Å². The molecule has 1 aromatic heterocycles. The first kappa shape index (κ1) is 10.5. The van der Waals surface area contributed by atoms with Crippen LogP contribution in [0.1, 0.15) is 45.5 Å². The van der Waals surface area contributed by atoms with Crippen LogP contribution in [-0.4, -0.2) is 14.8 Å². The minimum Gasteiger partial charge on any atom is -0.299 e. The third-order valence-electron chi connectivity index (χ3n) is 2.23. The zero-order chi connectivity index (χ0) is 9.84. The summed E-state index contributed by atoms with van der Waals surface area (Å²) in [5.74, 6) is 1.00. The van der Waals surface area contributed by atoms with Crippen LogP contribution >= 0.6 is 11.6 Å². The van der Waals surface area contributed by atoms with Crippen molar-refractivity contribution in [3.63, 3.8) is 0 Å². The minimum absolute atomic E-state index is 0.393. The maximum absolute atomic E-state index is 5.94.